The Balaban J connectivity index is 1.68. The number of amides is 2. The molecule has 0 aromatic heterocycles. The van der Waals surface area contributed by atoms with E-state index in [0.29, 0.717) is 31.1 Å². The molecule has 0 bridgehead atoms. The van der Waals surface area contributed by atoms with E-state index in [1.165, 1.54) is 0 Å². The smallest absolute Gasteiger partial charge is 0.227 e. The normalized spacial score (nSPS) is 25.1. The molecule has 2 fully saturated rings. The molecule has 5 nitrogen and oxygen atoms in total. The molecule has 22 heavy (non-hydrogen) atoms. The Bertz CT molecular complexity index is 593. The molecule has 2 amide bonds. The summed E-state index contributed by atoms with van der Waals surface area (Å²) in [6.45, 7) is 1.48. The van der Waals surface area contributed by atoms with Gasteiger partial charge in [-0.2, -0.15) is 0 Å². The Morgan fingerprint density at radius 1 is 1.36 bits per heavy atom. The Labute approximate surface area is 134 Å². The molecule has 0 radical (unpaired) electrons. The average molecular weight is 323 g/mol. The highest BCUT2D eigenvalue weighted by Crippen LogP contribution is 2.23. The third kappa shape index (κ3) is 2.96. The number of carbonyl (C=O) groups excluding carboxylic acids is 2. The monoisotopic (exact) mass is 322 g/mol. The van der Waals surface area contributed by atoms with Crippen molar-refractivity contribution in [2.45, 2.75) is 25.0 Å². The Kier molecular flexibility index (Phi) is 4.36. The lowest BCUT2D eigenvalue weighted by Gasteiger charge is -2.25. The van der Waals surface area contributed by atoms with Crippen LogP contribution in [0.3, 0.4) is 0 Å². The number of likely N-dealkylation sites (N-methyl/N-ethyl adjacent to an activating group) is 1. The number of benzene rings is 1. The first kappa shape index (κ1) is 15.3. The van der Waals surface area contributed by atoms with Crippen molar-refractivity contribution in [3.63, 3.8) is 0 Å². The van der Waals surface area contributed by atoms with Gasteiger partial charge in [-0.25, -0.2) is 0 Å². The summed E-state index contributed by atoms with van der Waals surface area (Å²) < 4.78 is 5.74. The van der Waals surface area contributed by atoms with Crippen LogP contribution in [0.4, 0.5) is 0 Å². The van der Waals surface area contributed by atoms with Gasteiger partial charge in [0.05, 0.1) is 31.6 Å². The molecule has 2 atom stereocenters. The number of rotatable bonds is 2. The van der Waals surface area contributed by atoms with E-state index in [2.05, 4.69) is 0 Å². The zero-order valence-corrected chi connectivity index (χ0v) is 13.3. The molecule has 0 N–H and O–H groups in total. The second-order valence-corrected chi connectivity index (χ2v) is 6.21. The molecule has 0 unspecified atom stereocenters. The van der Waals surface area contributed by atoms with Crippen molar-refractivity contribution >= 4 is 23.4 Å². The Morgan fingerprint density at radius 2 is 2.14 bits per heavy atom. The molecule has 2 saturated heterocycles. The van der Waals surface area contributed by atoms with E-state index >= 15 is 0 Å². The largest absolute Gasteiger partial charge is 0.374 e. The number of nitrogens with zero attached hydrogens (tertiary/aromatic N) is 2. The highest BCUT2D eigenvalue weighted by molar-refractivity contribution is 6.31. The van der Waals surface area contributed by atoms with E-state index in [4.69, 9.17) is 16.3 Å². The van der Waals surface area contributed by atoms with Crippen molar-refractivity contribution in [1.82, 2.24) is 9.80 Å². The van der Waals surface area contributed by atoms with Crippen molar-refractivity contribution in [2.75, 3.05) is 26.7 Å². The second kappa shape index (κ2) is 6.26. The molecule has 6 heteroatoms. The first-order chi connectivity index (χ1) is 10.6. The number of hydrogen-bond acceptors (Lipinski definition) is 3. The first-order valence-corrected chi connectivity index (χ1v) is 7.82. The van der Waals surface area contributed by atoms with Gasteiger partial charge in [-0.15, -0.1) is 0 Å². The van der Waals surface area contributed by atoms with E-state index in [1.54, 1.807) is 22.9 Å². The molecule has 0 aliphatic carbocycles. The predicted molar refractivity (Wildman–Crippen MR) is 82.7 cm³/mol. The number of fused-ring (bicyclic) bond motifs is 1. The summed E-state index contributed by atoms with van der Waals surface area (Å²) in [6.07, 6.45) is 0.597. The van der Waals surface area contributed by atoms with Crippen molar-refractivity contribution in [3.05, 3.63) is 34.9 Å². The molecule has 118 valence electrons. The minimum atomic E-state index is -0.0911. The van der Waals surface area contributed by atoms with Crippen molar-refractivity contribution in [3.8, 4) is 0 Å². The van der Waals surface area contributed by atoms with Crippen LogP contribution in [0.25, 0.3) is 0 Å². The fourth-order valence-corrected chi connectivity index (χ4v) is 3.27. The molecule has 0 saturated carbocycles. The van der Waals surface area contributed by atoms with Gasteiger partial charge in [0.15, 0.2) is 0 Å². The molecule has 2 aliphatic rings. The zero-order chi connectivity index (χ0) is 15.7. The molecule has 1 aromatic carbocycles. The summed E-state index contributed by atoms with van der Waals surface area (Å²) in [7, 11) is 1.79. The lowest BCUT2D eigenvalue weighted by Crippen LogP contribution is -2.43. The highest BCUT2D eigenvalue weighted by Gasteiger charge is 2.41. The number of carbonyl (C=O) groups is 2. The third-order valence-corrected chi connectivity index (χ3v) is 4.80. The summed E-state index contributed by atoms with van der Waals surface area (Å²) in [4.78, 5) is 27.9. The van der Waals surface area contributed by atoms with Crippen LogP contribution in [0, 0.1) is 0 Å². The predicted octanol–water partition coefficient (Wildman–Crippen LogP) is 1.34. The minimum Gasteiger partial charge on any atom is -0.374 e. The molecule has 1 aromatic rings. The highest BCUT2D eigenvalue weighted by atomic mass is 35.5. The fraction of sp³-hybridized carbons (Fsp3) is 0.500. The van der Waals surface area contributed by atoms with E-state index in [9.17, 15) is 9.59 Å². The molecule has 2 aliphatic heterocycles. The maximum atomic E-state index is 12.5. The van der Waals surface area contributed by atoms with Crippen LogP contribution < -0.4 is 0 Å². The van der Waals surface area contributed by atoms with Crippen LogP contribution in [0.2, 0.25) is 5.02 Å². The van der Waals surface area contributed by atoms with Crippen molar-refractivity contribution in [1.29, 1.82) is 0 Å². The molecule has 3 rings (SSSR count). The summed E-state index contributed by atoms with van der Waals surface area (Å²) in [5.41, 5.74) is 0.826. The molecular formula is C16H19ClN2O3. The van der Waals surface area contributed by atoms with Gasteiger partial charge in [0.25, 0.3) is 0 Å². The molecule has 0 spiro atoms. The summed E-state index contributed by atoms with van der Waals surface area (Å²) >= 11 is 6.11. The lowest BCUT2D eigenvalue weighted by molar-refractivity contribution is -0.133. The van der Waals surface area contributed by atoms with Gasteiger partial charge in [-0.1, -0.05) is 29.8 Å². The summed E-state index contributed by atoms with van der Waals surface area (Å²) in [5.74, 6) is 0.0959. The van der Waals surface area contributed by atoms with E-state index < -0.39 is 0 Å². The van der Waals surface area contributed by atoms with Crippen molar-refractivity contribution in [2.24, 2.45) is 0 Å². The third-order valence-electron chi connectivity index (χ3n) is 4.43. The number of ether oxygens (including phenoxy) is 1. The first-order valence-electron chi connectivity index (χ1n) is 7.44. The van der Waals surface area contributed by atoms with Gasteiger partial charge in [0.1, 0.15) is 0 Å². The van der Waals surface area contributed by atoms with Gasteiger partial charge < -0.3 is 14.5 Å². The number of halogens is 1. The minimum absolute atomic E-state index is 0.0191. The van der Waals surface area contributed by atoms with Crippen LogP contribution in [0.5, 0.6) is 0 Å². The van der Waals surface area contributed by atoms with Crippen LogP contribution in [0.1, 0.15) is 12.0 Å². The van der Waals surface area contributed by atoms with Gasteiger partial charge in [0.2, 0.25) is 11.8 Å². The lowest BCUT2D eigenvalue weighted by atomic mass is 10.1. The molecular weight excluding hydrogens is 304 g/mol. The zero-order valence-electron chi connectivity index (χ0n) is 12.5. The quantitative estimate of drug-likeness (QED) is 0.825. The Hall–Kier alpha value is -1.59. The van der Waals surface area contributed by atoms with E-state index in [-0.39, 0.29) is 30.4 Å². The maximum Gasteiger partial charge on any atom is 0.227 e. The van der Waals surface area contributed by atoms with E-state index in [0.717, 1.165) is 5.56 Å². The summed E-state index contributed by atoms with van der Waals surface area (Å²) in [6, 6.07) is 7.32. The molecule has 2 heterocycles. The van der Waals surface area contributed by atoms with Gasteiger partial charge in [-0.05, 0) is 11.6 Å². The summed E-state index contributed by atoms with van der Waals surface area (Å²) in [5, 5.41) is 0.604. The van der Waals surface area contributed by atoms with Crippen LogP contribution in [-0.4, -0.2) is 60.5 Å². The maximum absolute atomic E-state index is 12.5. The topological polar surface area (TPSA) is 49.9 Å². The van der Waals surface area contributed by atoms with E-state index in [1.807, 2.05) is 18.2 Å². The van der Waals surface area contributed by atoms with Gasteiger partial charge >= 0.3 is 0 Å². The van der Waals surface area contributed by atoms with Gasteiger partial charge in [-0.3, -0.25) is 9.59 Å². The van der Waals surface area contributed by atoms with Crippen LogP contribution in [-0.2, 0) is 20.7 Å². The fourth-order valence-electron chi connectivity index (χ4n) is 3.07. The van der Waals surface area contributed by atoms with Crippen LogP contribution >= 0.6 is 11.6 Å². The standard InChI is InChI=1S/C16H19ClN2O3/c1-18-13-9-19(10-14(13)22-7-6-15(18)20)16(21)8-11-4-2-3-5-12(11)17/h2-5,13-14H,6-10H2,1H3/t13-,14-/m0/s1. The average Bonchev–Trinajstić information content (AvgIpc) is 2.87. The SMILES string of the molecule is CN1C(=O)CCO[C@H]2CN(C(=O)Cc3ccccc3Cl)C[C@@H]21. The van der Waals surface area contributed by atoms with Crippen molar-refractivity contribution < 1.29 is 14.3 Å². The second-order valence-electron chi connectivity index (χ2n) is 5.80. The number of likely N-dealkylation sites (tertiary alicyclic amines) is 1. The number of hydrogen-bond donors (Lipinski definition) is 0. The van der Waals surface area contributed by atoms with Gasteiger partial charge in [0, 0.05) is 25.2 Å². The van der Waals surface area contributed by atoms with Crippen LogP contribution in [0.15, 0.2) is 24.3 Å². The Morgan fingerprint density at radius 3 is 2.91 bits per heavy atom.